The van der Waals surface area contributed by atoms with E-state index < -0.39 is 10.0 Å². The van der Waals surface area contributed by atoms with Gasteiger partial charge < -0.3 is 5.32 Å². The van der Waals surface area contributed by atoms with Crippen LogP contribution in [0.2, 0.25) is 0 Å². The number of benzene rings is 1. The monoisotopic (exact) mass is 339 g/mol. The summed E-state index contributed by atoms with van der Waals surface area (Å²) in [7, 11) is -3.62. The standard InChI is InChI=1S/C14H17N3O3S2/c1-2-15-13(18)9-8-11-10-21-14(16-11)17-22(19,20)12-6-4-3-5-7-12/h3-7,10H,2,8-9H2,1H3,(H,15,18)(H,16,17). The molecule has 0 aliphatic heterocycles. The highest BCUT2D eigenvalue weighted by Crippen LogP contribution is 2.20. The number of carbonyl (C=O) groups is 1. The molecule has 0 aliphatic rings. The van der Waals surface area contributed by atoms with Crippen molar-refractivity contribution in [3.8, 4) is 0 Å². The van der Waals surface area contributed by atoms with E-state index in [9.17, 15) is 13.2 Å². The van der Waals surface area contributed by atoms with Crippen LogP contribution in [0, 0.1) is 0 Å². The number of hydrogen-bond donors (Lipinski definition) is 2. The van der Waals surface area contributed by atoms with E-state index in [1.165, 1.54) is 23.5 Å². The van der Waals surface area contributed by atoms with Gasteiger partial charge in [0.1, 0.15) is 0 Å². The highest BCUT2D eigenvalue weighted by molar-refractivity contribution is 7.93. The summed E-state index contributed by atoms with van der Waals surface area (Å²) in [6.07, 6.45) is 0.817. The van der Waals surface area contributed by atoms with Crippen molar-refractivity contribution in [3.63, 3.8) is 0 Å². The third-order valence-electron chi connectivity index (χ3n) is 2.81. The summed E-state index contributed by atoms with van der Waals surface area (Å²) in [5, 5.41) is 4.76. The fraction of sp³-hybridized carbons (Fsp3) is 0.286. The van der Waals surface area contributed by atoms with Gasteiger partial charge in [-0.1, -0.05) is 18.2 Å². The molecule has 118 valence electrons. The Morgan fingerprint density at radius 2 is 2.00 bits per heavy atom. The molecule has 0 radical (unpaired) electrons. The third kappa shape index (κ3) is 4.54. The Labute approximate surface area is 133 Å². The van der Waals surface area contributed by atoms with Gasteiger partial charge in [0.25, 0.3) is 10.0 Å². The molecule has 0 unspecified atom stereocenters. The fourth-order valence-corrected chi connectivity index (χ4v) is 3.79. The Kier molecular flexibility index (Phi) is 5.51. The summed E-state index contributed by atoms with van der Waals surface area (Å²) in [6.45, 7) is 2.45. The molecule has 2 rings (SSSR count). The first-order valence-corrected chi connectivity index (χ1v) is 9.16. The van der Waals surface area contributed by atoms with Crippen LogP contribution in [0.3, 0.4) is 0 Å². The van der Waals surface area contributed by atoms with E-state index in [4.69, 9.17) is 0 Å². The molecule has 1 amide bonds. The van der Waals surface area contributed by atoms with Gasteiger partial charge in [0.05, 0.1) is 10.6 Å². The van der Waals surface area contributed by atoms with E-state index >= 15 is 0 Å². The molecule has 0 aliphatic carbocycles. The summed E-state index contributed by atoms with van der Waals surface area (Å²) in [5.41, 5.74) is 0.696. The van der Waals surface area contributed by atoms with Crippen molar-refractivity contribution in [1.82, 2.24) is 10.3 Å². The molecule has 22 heavy (non-hydrogen) atoms. The molecular formula is C14H17N3O3S2. The Morgan fingerprint density at radius 1 is 1.27 bits per heavy atom. The number of nitrogens with one attached hydrogen (secondary N) is 2. The maximum atomic E-state index is 12.2. The largest absolute Gasteiger partial charge is 0.356 e. The Hall–Kier alpha value is -1.93. The molecule has 1 aromatic heterocycles. The van der Waals surface area contributed by atoms with Crippen molar-refractivity contribution in [2.45, 2.75) is 24.7 Å². The number of rotatable bonds is 7. The minimum Gasteiger partial charge on any atom is -0.356 e. The van der Waals surface area contributed by atoms with Crippen LogP contribution in [0.25, 0.3) is 0 Å². The average Bonchev–Trinajstić information content (AvgIpc) is 2.93. The number of amides is 1. The highest BCUT2D eigenvalue weighted by Gasteiger charge is 2.15. The molecule has 0 saturated carbocycles. The molecule has 0 bridgehead atoms. The Morgan fingerprint density at radius 3 is 2.68 bits per heavy atom. The van der Waals surface area contributed by atoms with Crippen LogP contribution in [0.15, 0.2) is 40.6 Å². The number of thiazole rings is 1. The van der Waals surface area contributed by atoms with E-state index in [1.807, 2.05) is 6.92 Å². The smallest absolute Gasteiger partial charge is 0.263 e. The van der Waals surface area contributed by atoms with Gasteiger partial charge in [-0.3, -0.25) is 9.52 Å². The number of anilines is 1. The van der Waals surface area contributed by atoms with Crippen LogP contribution >= 0.6 is 11.3 Å². The molecule has 6 nitrogen and oxygen atoms in total. The molecule has 2 aromatic rings. The zero-order valence-corrected chi connectivity index (χ0v) is 13.7. The topological polar surface area (TPSA) is 88.2 Å². The molecule has 2 N–H and O–H groups in total. The van der Waals surface area contributed by atoms with Crippen LogP contribution in [-0.2, 0) is 21.2 Å². The summed E-state index contributed by atoms with van der Waals surface area (Å²) >= 11 is 1.20. The second kappa shape index (κ2) is 7.37. The molecule has 0 saturated heterocycles. The molecule has 8 heteroatoms. The van der Waals surface area contributed by atoms with Gasteiger partial charge in [0.2, 0.25) is 5.91 Å². The van der Waals surface area contributed by atoms with Crippen molar-refractivity contribution in [3.05, 3.63) is 41.4 Å². The minimum absolute atomic E-state index is 0.0399. The predicted molar refractivity (Wildman–Crippen MR) is 86.4 cm³/mol. The SMILES string of the molecule is CCNC(=O)CCc1csc(NS(=O)(=O)c2ccccc2)n1. The van der Waals surface area contributed by atoms with E-state index in [2.05, 4.69) is 15.0 Å². The summed E-state index contributed by atoms with van der Waals surface area (Å²) in [5.74, 6) is -0.0399. The summed E-state index contributed by atoms with van der Waals surface area (Å²) < 4.78 is 26.8. The maximum absolute atomic E-state index is 12.2. The molecule has 1 aromatic carbocycles. The van der Waals surface area contributed by atoms with Crippen LogP contribution in [0.1, 0.15) is 19.0 Å². The molecule has 0 atom stereocenters. The fourth-order valence-electron chi connectivity index (χ4n) is 1.77. The van der Waals surface area contributed by atoms with Crippen molar-refractivity contribution in [2.75, 3.05) is 11.3 Å². The second-order valence-corrected chi connectivity index (χ2v) is 7.06. The number of hydrogen-bond acceptors (Lipinski definition) is 5. The van der Waals surface area contributed by atoms with E-state index in [0.29, 0.717) is 30.2 Å². The van der Waals surface area contributed by atoms with Gasteiger partial charge in [0, 0.05) is 18.3 Å². The average molecular weight is 339 g/mol. The lowest BCUT2D eigenvalue weighted by Crippen LogP contribution is -2.22. The first-order valence-electron chi connectivity index (χ1n) is 6.80. The van der Waals surface area contributed by atoms with Crippen LogP contribution < -0.4 is 10.0 Å². The maximum Gasteiger partial charge on any atom is 0.263 e. The summed E-state index contributed by atoms with van der Waals surface area (Å²) in [6, 6.07) is 8.11. The first-order chi connectivity index (χ1) is 10.5. The minimum atomic E-state index is -3.62. The lowest BCUT2D eigenvalue weighted by Gasteiger charge is -2.04. The van der Waals surface area contributed by atoms with Gasteiger partial charge in [-0.25, -0.2) is 13.4 Å². The second-order valence-electron chi connectivity index (χ2n) is 4.52. The van der Waals surface area contributed by atoms with Crippen LogP contribution in [0.5, 0.6) is 0 Å². The molecule has 0 spiro atoms. The van der Waals surface area contributed by atoms with E-state index in [1.54, 1.807) is 23.6 Å². The lowest BCUT2D eigenvalue weighted by atomic mass is 10.2. The van der Waals surface area contributed by atoms with E-state index in [-0.39, 0.29) is 10.8 Å². The van der Waals surface area contributed by atoms with Crippen molar-refractivity contribution >= 4 is 32.4 Å². The van der Waals surface area contributed by atoms with Crippen molar-refractivity contribution in [1.29, 1.82) is 0 Å². The Balaban J connectivity index is 1.99. The number of sulfonamides is 1. The predicted octanol–water partition coefficient (Wildman–Crippen LogP) is 2.01. The quantitative estimate of drug-likeness (QED) is 0.808. The number of aryl methyl sites for hydroxylation is 1. The van der Waals surface area contributed by atoms with Gasteiger partial charge in [0.15, 0.2) is 5.13 Å². The molecule has 0 fully saturated rings. The summed E-state index contributed by atoms with van der Waals surface area (Å²) in [4.78, 5) is 15.8. The third-order valence-corrected chi connectivity index (χ3v) is 5.10. The van der Waals surface area contributed by atoms with Crippen molar-refractivity contribution < 1.29 is 13.2 Å². The van der Waals surface area contributed by atoms with Crippen LogP contribution in [0.4, 0.5) is 5.13 Å². The lowest BCUT2D eigenvalue weighted by molar-refractivity contribution is -0.120. The molecule has 1 heterocycles. The number of nitrogens with zero attached hydrogens (tertiary/aromatic N) is 1. The normalized spacial score (nSPS) is 11.1. The zero-order valence-electron chi connectivity index (χ0n) is 12.1. The van der Waals surface area contributed by atoms with Gasteiger partial charge in [-0.15, -0.1) is 11.3 Å². The highest BCUT2D eigenvalue weighted by atomic mass is 32.2. The zero-order chi connectivity index (χ0) is 16.0. The van der Waals surface area contributed by atoms with Crippen molar-refractivity contribution in [2.24, 2.45) is 0 Å². The van der Waals surface area contributed by atoms with Gasteiger partial charge >= 0.3 is 0 Å². The first kappa shape index (κ1) is 16.4. The van der Waals surface area contributed by atoms with E-state index in [0.717, 1.165) is 0 Å². The molecular weight excluding hydrogens is 322 g/mol. The number of carbonyl (C=O) groups excluding carboxylic acids is 1. The van der Waals surface area contributed by atoms with Gasteiger partial charge in [-0.2, -0.15) is 0 Å². The number of aromatic nitrogens is 1. The van der Waals surface area contributed by atoms with Gasteiger partial charge in [-0.05, 0) is 25.5 Å². The van der Waals surface area contributed by atoms with Crippen LogP contribution in [-0.4, -0.2) is 25.9 Å². The Bertz CT molecular complexity index is 727.